The van der Waals surface area contributed by atoms with Gasteiger partial charge in [0.1, 0.15) is 6.61 Å². The second kappa shape index (κ2) is 10.7. The summed E-state index contributed by atoms with van der Waals surface area (Å²) in [6.07, 6.45) is 11.6. The Morgan fingerprint density at radius 2 is 1.65 bits per heavy atom. The molecule has 5 fully saturated rings. The van der Waals surface area contributed by atoms with E-state index >= 15 is 0 Å². The summed E-state index contributed by atoms with van der Waals surface area (Å²) in [5.41, 5.74) is 1.30. The highest BCUT2D eigenvalue weighted by atomic mass is 28.4. The lowest BCUT2D eigenvalue weighted by molar-refractivity contribution is -0.0786. The fourth-order valence-corrected chi connectivity index (χ4v) is 9.35. The van der Waals surface area contributed by atoms with E-state index in [0.29, 0.717) is 24.8 Å². The maximum absolute atomic E-state index is 12.5. The predicted octanol–water partition coefficient (Wildman–Crippen LogP) is 7.03. The minimum absolute atomic E-state index is 0.272. The molecule has 2 N–H and O–H groups in total. The third-order valence-corrected chi connectivity index (χ3v) is 15.1. The molecular formula is C31H50N2O3Si. The van der Waals surface area contributed by atoms with E-state index < -0.39 is 8.32 Å². The van der Waals surface area contributed by atoms with Gasteiger partial charge in [-0.2, -0.15) is 0 Å². The lowest BCUT2D eigenvalue weighted by Crippen LogP contribution is -2.62. The summed E-state index contributed by atoms with van der Waals surface area (Å²) < 4.78 is 12.2. The first kappa shape index (κ1) is 27.2. The number of nitrogens with one attached hydrogen (secondary N) is 2. The van der Waals surface area contributed by atoms with Crippen LogP contribution in [0, 0.1) is 23.2 Å². The maximum atomic E-state index is 12.5. The molecule has 1 aromatic carbocycles. The van der Waals surface area contributed by atoms with E-state index in [2.05, 4.69) is 44.5 Å². The smallest absolute Gasteiger partial charge is 0.407 e. The Kier molecular flexibility index (Phi) is 7.83. The molecule has 5 saturated carbocycles. The molecule has 1 aromatic rings. The van der Waals surface area contributed by atoms with Gasteiger partial charge in [0.15, 0.2) is 8.32 Å². The largest absolute Gasteiger partial charge is 0.445 e. The minimum Gasteiger partial charge on any atom is -0.445 e. The highest BCUT2D eigenvalue weighted by Crippen LogP contribution is 2.60. The van der Waals surface area contributed by atoms with Gasteiger partial charge in [0, 0.05) is 24.7 Å². The highest BCUT2D eigenvalue weighted by Gasteiger charge is 2.55. The molecule has 4 bridgehead atoms. The van der Waals surface area contributed by atoms with E-state index in [1.165, 1.54) is 57.8 Å². The zero-order valence-corrected chi connectivity index (χ0v) is 24.9. The average Bonchev–Trinajstić information content (AvgIpc) is 2.84. The SMILES string of the molecule is CC(C)(C)[Si](C)(C)OC1CCC(NC2[C@@H]3CC4C[C@H]2CC(CNC(=O)OCc2ccccc2)(C4)C3)CC1. The second-order valence-electron chi connectivity index (χ2n) is 14.4. The molecule has 0 radical (unpaired) electrons. The number of ether oxygens (including phenoxy) is 1. The number of amides is 1. The molecule has 37 heavy (non-hydrogen) atoms. The highest BCUT2D eigenvalue weighted by molar-refractivity contribution is 6.74. The predicted molar refractivity (Wildman–Crippen MR) is 152 cm³/mol. The normalized spacial score (nSPS) is 35.4. The fraction of sp³-hybridized carbons (Fsp3) is 0.774. The topological polar surface area (TPSA) is 59.6 Å². The molecule has 206 valence electrons. The molecule has 0 heterocycles. The van der Waals surface area contributed by atoms with E-state index in [1.54, 1.807) is 0 Å². The number of hydrogen-bond donors (Lipinski definition) is 2. The number of rotatable bonds is 8. The van der Waals surface area contributed by atoms with Crippen molar-refractivity contribution < 1.29 is 14.0 Å². The molecule has 0 aromatic heterocycles. The zero-order chi connectivity index (χ0) is 26.3. The number of benzene rings is 1. The molecule has 5 aliphatic rings. The van der Waals surface area contributed by atoms with Crippen LogP contribution < -0.4 is 10.6 Å². The maximum Gasteiger partial charge on any atom is 0.407 e. The molecule has 3 unspecified atom stereocenters. The van der Waals surface area contributed by atoms with Crippen molar-refractivity contribution in [2.75, 3.05) is 6.54 Å². The van der Waals surface area contributed by atoms with Crippen LogP contribution in [-0.2, 0) is 15.8 Å². The Morgan fingerprint density at radius 1 is 1.00 bits per heavy atom. The molecule has 0 saturated heterocycles. The van der Waals surface area contributed by atoms with Crippen LogP contribution in [0.25, 0.3) is 0 Å². The Morgan fingerprint density at radius 3 is 2.27 bits per heavy atom. The zero-order valence-electron chi connectivity index (χ0n) is 23.9. The summed E-state index contributed by atoms with van der Waals surface area (Å²) in [6.45, 7) is 12.9. The third-order valence-electron chi connectivity index (χ3n) is 10.6. The van der Waals surface area contributed by atoms with Crippen molar-refractivity contribution in [1.82, 2.24) is 10.6 Å². The Balaban J connectivity index is 1.09. The Bertz CT molecular complexity index is 906. The lowest BCUT2D eigenvalue weighted by Gasteiger charge is -2.61. The van der Waals surface area contributed by atoms with Crippen LogP contribution in [0.3, 0.4) is 0 Å². The molecule has 5 aliphatic carbocycles. The van der Waals surface area contributed by atoms with Gasteiger partial charge in [-0.3, -0.25) is 0 Å². The first-order valence-corrected chi connectivity index (χ1v) is 17.8. The van der Waals surface area contributed by atoms with Crippen molar-refractivity contribution in [3.63, 3.8) is 0 Å². The molecule has 0 spiro atoms. The molecule has 5 atom stereocenters. The van der Waals surface area contributed by atoms with Crippen LogP contribution in [0.1, 0.15) is 84.1 Å². The van der Waals surface area contributed by atoms with Gasteiger partial charge in [-0.25, -0.2) is 4.79 Å². The standard InChI is InChI=1S/C31H50N2O3Si/c1-30(2,3)37(4,5)36-27-13-11-26(12-14-27)33-28-24-15-23-16-25(28)19-31(17-23,18-24)21-32-29(34)35-20-22-9-7-6-8-10-22/h6-10,23-28,33H,11-21H2,1-5H3,(H,32,34)/t23?,24-,25+,26?,27?,28?,31?. The van der Waals surface area contributed by atoms with Crippen molar-refractivity contribution in [3.05, 3.63) is 35.9 Å². The molecular weight excluding hydrogens is 476 g/mol. The summed E-state index contributed by atoms with van der Waals surface area (Å²) in [7, 11) is -1.68. The van der Waals surface area contributed by atoms with Gasteiger partial charge in [0.2, 0.25) is 0 Å². The first-order valence-electron chi connectivity index (χ1n) is 14.9. The van der Waals surface area contributed by atoms with Crippen LogP contribution in [0.2, 0.25) is 18.1 Å². The van der Waals surface area contributed by atoms with E-state index in [0.717, 1.165) is 29.9 Å². The van der Waals surface area contributed by atoms with Gasteiger partial charge in [-0.1, -0.05) is 51.1 Å². The molecule has 5 nitrogen and oxygen atoms in total. The van der Waals surface area contributed by atoms with Gasteiger partial charge in [0.25, 0.3) is 0 Å². The van der Waals surface area contributed by atoms with Crippen LogP contribution in [0.5, 0.6) is 0 Å². The fourth-order valence-electron chi connectivity index (χ4n) is 7.93. The number of alkyl carbamates (subject to hydrolysis) is 1. The van der Waals surface area contributed by atoms with Gasteiger partial charge in [0.05, 0.1) is 0 Å². The minimum atomic E-state index is -1.68. The van der Waals surface area contributed by atoms with E-state index in [4.69, 9.17) is 9.16 Å². The third kappa shape index (κ3) is 6.28. The lowest BCUT2D eigenvalue weighted by atomic mass is 9.48. The molecule has 6 heteroatoms. The van der Waals surface area contributed by atoms with Crippen molar-refractivity contribution in [2.45, 2.75) is 121 Å². The number of carbonyl (C=O) groups is 1. The average molecular weight is 527 g/mol. The number of hydrogen-bond acceptors (Lipinski definition) is 4. The van der Waals surface area contributed by atoms with E-state index in [-0.39, 0.29) is 16.5 Å². The van der Waals surface area contributed by atoms with Crippen LogP contribution in [-0.4, -0.2) is 39.1 Å². The summed E-state index contributed by atoms with van der Waals surface area (Å²) in [6, 6.07) is 11.2. The number of carbonyl (C=O) groups excluding carboxylic acids is 1. The molecule has 1 amide bonds. The van der Waals surface area contributed by atoms with E-state index in [1.807, 2.05) is 30.3 Å². The summed E-state index contributed by atoms with van der Waals surface area (Å²) in [5.74, 6) is 2.36. The monoisotopic (exact) mass is 526 g/mol. The van der Waals surface area contributed by atoms with Crippen LogP contribution in [0.15, 0.2) is 30.3 Å². The first-order chi connectivity index (χ1) is 17.5. The van der Waals surface area contributed by atoms with Crippen molar-refractivity contribution in [1.29, 1.82) is 0 Å². The van der Waals surface area contributed by atoms with Crippen LogP contribution in [0.4, 0.5) is 4.79 Å². The van der Waals surface area contributed by atoms with Gasteiger partial charge >= 0.3 is 6.09 Å². The van der Waals surface area contributed by atoms with Gasteiger partial charge in [-0.15, -0.1) is 0 Å². The van der Waals surface area contributed by atoms with Crippen LogP contribution >= 0.6 is 0 Å². The summed E-state index contributed by atoms with van der Waals surface area (Å²) in [5, 5.41) is 7.61. The second-order valence-corrected chi connectivity index (χ2v) is 19.2. The van der Waals surface area contributed by atoms with Gasteiger partial charge in [-0.05, 0) is 105 Å². The summed E-state index contributed by atoms with van der Waals surface area (Å²) in [4.78, 5) is 12.5. The van der Waals surface area contributed by atoms with E-state index in [9.17, 15) is 4.79 Å². The van der Waals surface area contributed by atoms with Gasteiger partial charge < -0.3 is 19.8 Å². The summed E-state index contributed by atoms with van der Waals surface area (Å²) >= 11 is 0. The molecule has 6 rings (SSSR count). The molecule has 0 aliphatic heterocycles. The van der Waals surface area contributed by atoms with Crippen molar-refractivity contribution >= 4 is 14.4 Å². The van der Waals surface area contributed by atoms with Crippen molar-refractivity contribution in [2.24, 2.45) is 23.2 Å². The quantitative estimate of drug-likeness (QED) is 0.357. The van der Waals surface area contributed by atoms with Crippen molar-refractivity contribution in [3.8, 4) is 0 Å². The Labute approximate surface area is 226 Å². The Hall–Kier alpha value is -1.37.